The minimum absolute atomic E-state index is 0.00487. The molecule has 0 spiro atoms. The van der Waals surface area contributed by atoms with Gasteiger partial charge < -0.3 is 21.1 Å². The van der Waals surface area contributed by atoms with Crippen LogP contribution >= 0.6 is 23.2 Å². The Morgan fingerprint density at radius 1 is 1.22 bits per heavy atom. The Bertz CT molecular complexity index is 1320. The molecule has 0 saturated carbocycles. The molecule has 2 atom stereocenters. The predicted molar refractivity (Wildman–Crippen MR) is 145 cm³/mol. The monoisotopic (exact) mass is 523 g/mol. The summed E-state index contributed by atoms with van der Waals surface area (Å²) in [4.78, 5) is 24.2. The largest absolute Gasteiger partial charge is 0.505 e. The molecule has 1 saturated heterocycles. The number of benzene rings is 1. The number of phenolic OH excluding ortho intramolecular Hbond substituents is 1. The van der Waals surface area contributed by atoms with Crippen LogP contribution in [0.4, 0.5) is 17.2 Å². The topological polar surface area (TPSA) is 104 Å². The molecule has 1 fully saturated rings. The number of allylic oxidation sites excluding steroid dienone is 1. The number of nitrogens with two attached hydrogens (primary N) is 1. The van der Waals surface area contributed by atoms with Gasteiger partial charge in [-0.15, -0.1) is 0 Å². The number of anilines is 3. The van der Waals surface area contributed by atoms with Crippen molar-refractivity contribution >= 4 is 52.3 Å². The molecular formula is C27H27Cl2N5O2. The van der Waals surface area contributed by atoms with Gasteiger partial charge in [0.15, 0.2) is 11.5 Å². The van der Waals surface area contributed by atoms with Crippen molar-refractivity contribution in [3.05, 3.63) is 75.2 Å². The summed E-state index contributed by atoms with van der Waals surface area (Å²) in [7, 11) is 0. The number of halogens is 2. The zero-order valence-electron chi connectivity index (χ0n) is 19.8. The number of carbonyl (C=O) groups excluding carboxylic acids is 1. The summed E-state index contributed by atoms with van der Waals surface area (Å²) in [6.07, 6.45) is 9.31. The summed E-state index contributed by atoms with van der Waals surface area (Å²) in [5.41, 5.74) is 10.7. The van der Waals surface area contributed by atoms with Crippen molar-refractivity contribution in [1.82, 2.24) is 9.97 Å². The van der Waals surface area contributed by atoms with Crippen LogP contribution in [0.3, 0.4) is 0 Å². The fourth-order valence-electron chi connectivity index (χ4n) is 4.77. The SMILES string of the molecule is CCC(=O)c1cnc2c(c1Nc1ccc(N3CCC(N)C3)nc1)CC(c1cc(Cl)c(O)c(Cl)c1)C=C2. The highest BCUT2D eigenvalue weighted by Crippen LogP contribution is 2.40. The molecule has 4 N–H and O–H groups in total. The molecule has 0 bridgehead atoms. The standard InChI is InChI=1S/C27H27Cl2N5O2/c1-2-24(35)20-13-31-23-5-3-15(16-10-21(28)27(36)22(29)11-16)9-19(23)26(20)33-18-4-6-25(32-12-18)34-8-7-17(30)14-34/h3-6,10-13,15,17,36H,2,7-9,14,30H2,1H3,(H,31,33). The van der Waals surface area contributed by atoms with Crippen LogP contribution in [0.1, 0.15) is 52.9 Å². The minimum atomic E-state index is -0.131. The van der Waals surface area contributed by atoms with Crippen molar-refractivity contribution in [2.24, 2.45) is 5.73 Å². The van der Waals surface area contributed by atoms with Crippen LogP contribution in [0.15, 0.2) is 42.7 Å². The van der Waals surface area contributed by atoms with Gasteiger partial charge in [-0.1, -0.05) is 36.2 Å². The molecule has 0 radical (unpaired) electrons. The van der Waals surface area contributed by atoms with E-state index in [1.165, 1.54) is 0 Å². The van der Waals surface area contributed by atoms with Gasteiger partial charge in [0.2, 0.25) is 0 Å². The fraction of sp³-hybridized carbons (Fsp3) is 0.296. The predicted octanol–water partition coefficient (Wildman–Crippen LogP) is 5.72. The van der Waals surface area contributed by atoms with E-state index in [0.29, 0.717) is 18.4 Å². The number of ketones is 1. The zero-order chi connectivity index (χ0) is 25.4. The molecule has 1 aliphatic heterocycles. The number of Topliss-reactive ketones (excluding diaryl/α,β-unsaturated/α-hetero) is 1. The van der Waals surface area contributed by atoms with E-state index < -0.39 is 0 Å². The molecule has 2 aliphatic rings. The fourth-order valence-corrected chi connectivity index (χ4v) is 5.28. The summed E-state index contributed by atoms with van der Waals surface area (Å²) in [5.74, 6) is 0.709. The zero-order valence-corrected chi connectivity index (χ0v) is 21.4. The van der Waals surface area contributed by atoms with Gasteiger partial charge in [-0.2, -0.15) is 0 Å². The normalized spacial score (nSPS) is 18.8. The van der Waals surface area contributed by atoms with Gasteiger partial charge in [-0.3, -0.25) is 9.78 Å². The Morgan fingerprint density at radius 2 is 2.00 bits per heavy atom. The van der Waals surface area contributed by atoms with Crippen molar-refractivity contribution in [3.8, 4) is 5.75 Å². The average Bonchev–Trinajstić information content (AvgIpc) is 3.33. The maximum atomic E-state index is 12.9. The van der Waals surface area contributed by atoms with Gasteiger partial charge in [-0.05, 0) is 48.7 Å². The molecule has 1 aliphatic carbocycles. The van der Waals surface area contributed by atoms with Gasteiger partial charge in [0.1, 0.15) is 5.82 Å². The number of hydrogen-bond donors (Lipinski definition) is 3. The van der Waals surface area contributed by atoms with Gasteiger partial charge in [0, 0.05) is 43.2 Å². The van der Waals surface area contributed by atoms with E-state index in [4.69, 9.17) is 28.9 Å². The lowest BCUT2D eigenvalue weighted by atomic mass is 9.85. The van der Waals surface area contributed by atoms with Crippen LogP contribution in [0.5, 0.6) is 5.75 Å². The molecule has 7 nitrogen and oxygen atoms in total. The lowest BCUT2D eigenvalue weighted by Crippen LogP contribution is -2.26. The molecule has 2 aromatic heterocycles. The van der Waals surface area contributed by atoms with Crippen molar-refractivity contribution < 1.29 is 9.90 Å². The number of pyridine rings is 2. The Hall–Kier alpha value is -3.13. The number of hydrogen-bond acceptors (Lipinski definition) is 7. The van der Waals surface area contributed by atoms with Crippen LogP contribution in [-0.2, 0) is 6.42 Å². The second-order valence-corrected chi connectivity index (χ2v) is 10.0. The summed E-state index contributed by atoms with van der Waals surface area (Å²) < 4.78 is 0. The number of aromatic nitrogens is 2. The Balaban J connectivity index is 1.49. The van der Waals surface area contributed by atoms with Crippen molar-refractivity contribution in [3.63, 3.8) is 0 Å². The quantitative estimate of drug-likeness (QED) is 0.355. The number of rotatable bonds is 6. The average molecular weight is 524 g/mol. The first-order valence-electron chi connectivity index (χ1n) is 12.0. The smallest absolute Gasteiger partial charge is 0.166 e. The molecular weight excluding hydrogens is 497 g/mol. The molecule has 0 amide bonds. The van der Waals surface area contributed by atoms with Gasteiger partial charge >= 0.3 is 0 Å². The number of carbonyl (C=O) groups is 1. The van der Waals surface area contributed by atoms with Crippen LogP contribution in [0.2, 0.25) is 10.0 Å². The Kier molecular flexibility index (Phi) is 6.88. The number of nitrogens with one attached hydrogen (secondary N) is 1. The number of phenols is 1. The molecule has 5 rings (SSSR count). The van der Waals surface area contributed by atoms with E-state index in [1.54, 1.807) is 24.5 Å². The summed E-state index contributed by atoms with van der Waals surface area (Å²) in [5, 5.41) is 13.8. The van der Waals surface area contributed by atoms with Crippen molar-refractivity contribution in [2.75, 3.05) is 23.3 Å². The lowest BCUT2D eigenvalue weighted by Gasteiger charge is -2.24. The number of aromatic hydroxyl groups is 1. The molecule has 2 unspecified atom stereocenters. The van der Waals surface area contributed by atoms with E-state index in [1.807, 2.05) is 31.2 Å². The van der Waals surface area contributed by atoms with Gasteiger partial charge in [-0.25, -0.2) is 4.98 Å². The highest BCUT2D eigenvalue weighted by atomic mass is 35.5. The third kappa shape index (κ3) is 4.78. The summed E-state index contributed by atoms with van der Waals surface area (Å²) in [6.45, 7) is 3.53. The molecule has 1 aromatic carbocycles. The molecule has 36 heavy (non-hydrogen) atoms. The van der Waals surface area contributed by atoms with Crippen molar-refractivity contribution in [2.45, 2.75) is 38.1 Å². The Morgan fingerprint density at radius 3 is 2.64 bits per heavy atom. The second-order valence-electron chi connectivity index (χ2n) is 9.22. The maximum absolute atomic E-state index is 12.9. The molecule has 3 aromatic rings. The summed E-state index contributed by atoms with van der Waals surface area (Å²) >= 11 is 12.4. The minimum Gasteiger partial charge on any atom is -0.505 e. The van der Waals surface area contributed by atoms with E-state index in [0.717, 1.165) is 53.5 Å². The van der Waals surface area contributed by atoms with Gasteiger partial charge in [0.25, 0.3) is 0 Å². The Labute approximate surface area is 220 Å². The van der Waals surface area contributed by atoms with E-state index in [2.05, 4.69) is 20.2 Å². The number of fused-ring (bicyclic) bond motifs is 1. The highest BCUT2D eigenvalue weighted by molar-refractivity contribution is 6.37. The second kappa shape index (κ2) is 10.1. The van der Waals surface area contributed by atoms with E-state index >= 15 is 0 Å². The maximum Gasteiger partial charge on any atom is 0.166 e. The molecule has 3 heterocycles. The first kappa shape index (κ1) is 24.6. The van der Waals surface area contributed by atoms with E-state index in [-0.39, 0.29) is 33.5 Å². The molecule has 186 valence electrons. The lowest BCUT2D eigenvalue weighted by molar-refractivity contribution is 0.0988. The van der Waals surface area contributed by atoms with Crippen LogP contribution in [0.25, 0.3) is 6.08 Å². The van der Waals surface area contributed by atoms with Crippen LogP contribution < -0.4 is 16.0 Å². The van der Waals surface area contributed by atoms with Crippen LogP contribution in [0, 0.1) is 0 Å². The first-order chi connectivity index (χ1) is 17.3. The van der Waals surface area contributed by atoms with E-state index in [9.17, 15) is 9.90 Å². The number of nitrogens with zero attached hydrogens (tertiary/aromatic N) is 3. The summed E-state index contributed by atoms with van der Waals surface area (Å²) in [6, 6.07) is 7.55. The highest BCUT2D eigenvalue weighted by Gasteiger charge is 2.25. The third-order valence-corrected chi connectivity index (χ3v) is 7.35. The third-order valence-electron chi connectivity index (χ3n) is 6.78. The first-order valence-corrected chi connectivity index (χ1v) is 12.7. The molecule has 9 heteroatoms. The van der Waals surface area contributed by atoms with Gasteiger partial charge in [0.05, 0.1) is 38.9 Å². The van der Waals surface area contributed by atoms with Crippen molar-refractivity contribution in [1.29, 1.82) is 0 Å². The van der Waals surface area contributed by atoms with Crippen LogP contribution in [-0.4, -0.2) is 40.0 Å².